The summed E-state index contributed by atoms with van der Waals surface area (Å²) in [4.78, 5) is 28.0. The fraction of sp³-hybridized carbons (Fsp3) is 0.500. The number of carbonyl (C=O) groups is 1. The summed E-state index contributed by atoms with van der Waals surface area (Å²) in [7, 11) is -4.24. The van der Waals surface area contributed by atoms with Gasteiger partial charge < -0.3 is 29.9 Å². The van der Waals surface area contributed by atoms with Crippen molar-refractivity contribution in [2.45, 2.75) is 57.8 Å². The molecule has 2 heterocycles. The first kappa shape index (κ1) is 27.8. The van der Waals surface area contributed by atoms with Crippen LogP contribution in [0.1, 0.15) is 32.6 Å². The predicted octanol–water partition coefficient (Wildman–Crippen LogP) is 0.888. The van der Waals surface area contributed by atoms with Gasteiger partial charge in [0.05, 0.1) is 13.2 Å². The number of hydrogen-bond donors (Lipinski definition) is 4. The maximum absolute atomic E-state index is 13.6. The smallest absolute Gasteiger partial charge is 0.459 e. The van der Waals surface area contributed by atoms with Gasteiger partial charge in [-0.15, -0.1) is 0 Å². The molecule has 1 aliphatic rings. The second-order valence-electron chi connectivity index (χ2n) is 8.54. The van der Waals surface area contributed by atoms with E-state index in [9.17, 15) is 24.4 Å². The fourth-order valence-electron chi connectivity index (χ4n) is 3.61. The van der Waals surface area contributed by atoms with Crippen LogP contribution in [0.2, 0.25) is 0 Å². The fourth-order valence-corrected chi connectivity index (χ4v) is 5.11. The van der Waals surface area contributed by atoms with Gasteiger partial charge in [-0.1, -0.05) is 12.1 Å². The summed E-state index contributed by atoms with van der Waals surface area (Å²) in [6.45, 7) is 5.73. The molecule has 6 atom stereocenters. The Labute approximate surface area is 207 Å². The molecule has 1 aromatic heterocycles. The lowest BCUT2D eigenvalue weighted by Crippen LogP contribution is -2.46. The lowest BCUT2D eigenvalue weighted by atomic mass is 9.96. The molecule has 0 spiro atoms. The first-order valence-electron chi connectivity index (χ1n) is 11.2. The number of aryl methyl sites for hydroxylation is 1. The van der Waals surface area contributed by atoms with Crippen molar-refractivity contribution < 1.29 is 38.1 Å². The van der Waals surface area contributed by atoms with E-state index in [1.165, 1.54) is 26.1 Å². The van der Waals surface area contributed by atoms with Crippen molar-refractivity contribution in [3.63, 3.8) is 0 Å². The highest BCUT2D eigenvalue weighted by atomic mass is 31.2. The van der Waals surface area contributed by atoms with Gasteiger partial charge in [0.1, 0.15) is 35.4 Å². The van der Waals surface area contributed by atoms with Crippen LogP contribution in [0.15, 0.2) is 41.3 Å². The number of nitrogen functional groups attached to an aromatic ring is 1. The summed E-state index contributed by atoms with van der Waals surface area (Å²) in [5.74, 6) is -0.492. The molecule has 2 aromatic rings. The number of carbonyl (C=O) groups excluding carboxylic acids is 1. The molecule has 1 fully saturated rings. The number of esters is 1. The quantitative estimate of drug-likeness (QED) is 0.254. The molecule has 14 heteroatoms. The molecule has 198 valence electrons. The van der Waals surface area contributed by atoms with Gasteiger partial charge in [0.25, 0.3) is 0 Å². The topological polar surface area (TPSA) is 184 Å². The molecular formula is C22H31N4O9P. The SMILES string of the molecule is CCOC(=O)[C@H](C)NP(=O)(OC[C@H]1O[C@@H](n2ccc(N)nc2=O)[C@](C)(O)[C@@H]1O)Oc1cccc(C)c1. The minimum atomic E-state index is -4.24. The molecule has 1 saturated heterocycles. The summed E-state index contributed by atoms with van der Waals surface area (Å²) in [6, 6.07) is 6.95. The molecule has 13 nitrogen and oxygen atoms in total. The molecule has 5 N–H and O–H groups in total. The van der Waals surface area contributed by atoms with Gasteiger partial charge >= 0.3 is 19.4 Å². The highest BCUT2D eigenvalue weighted by Gasteiger charge is 2.54. The molecule has 1 unspecified atom stereocenters. The lowest BCUT2D eigenvalue weighted by Gasteiger charge is -2.27. The Hall–Kier alpha value is -2.80. The van der Waals surface area contributed by atoms with E-state index in [0.29, 0.717) is 0 Å². The van der Waals surface area contributed by atoms with Crippen LogP contribution >= 0.6 is 7.75 Å². The second-order valence-corrected chi connectivity index (χ2v) is 10.2. The number of benzene rings is 1. The summed E-state index contributed by atoms with van der Waals surface area (Å²) < 4.78 is 36.4. The second kappa shape index (κ2) is 11.1. The number of nitrogens with zero attached hydrogens (tertiary/aromatic N) is 2. The van der Waals surface area contributed by atoms with Gasteiger partial charge in [0, 0.05) is 6.20 Å². The number of ether oxygens (including phenoxy) is 2. The molecule has 0 bridgehead atoms. The summed E-state index contributed by atoms with van der Waals surface area (Å²) >= 11 is 0. The number of nitrogens with one attached hydrogen (secondary N) is 1. The monoisotopic (exact) mass is 526 g/mol. The molecule has 0 aliphatic carbocycles. The number of aliphatic hydroxyl groups is 2. The van der Waals surface area contributed by atoms with Crippen LogP contribution < -0.4 is 21.0 Å². The maximum atomic E-state index is 13.6. The van der Waals surface area contributed by atoms with E-state index in [0.717, 1.165) is 10.1 Å². The van der Waals surface area contributed by atoms with E-state index in [4.69, 9.17) is 24.3 Å². The number of anilines is 1. The van der Waals surface area contributed by atoms with Gasteiger partial charge in [0.15, 0.2) is 6.23 Å². The number of nitrogens with two attached hydrogens (primary N) is 1. The summed E-state index contributed by atoms with van der Waals surface area (Å²) in [5, 5.41) is 24.1. The van der Waals surface area contributed by atoms with Gasteiger partial charge in [0.2, 0.25) is 0 Å². The predicted molar refractivity (Wildman–Crippen MR) is 128 cm³/mol. The number of aromatic nitrogens is 2. The Morgan fingerprint density at radius 1 is 1.42 bits per heavy atom. The molecule has 0 amide bonds. The van der Waals surface area contributed by atoms with Crippen LogP contribution in [0.5, 0.6) is 5.75 Å². The average molecular weight is 526 g/mol. The van der Waals surface area contributed by atoms with Crippen LogP contribution in [-0.2, 0) is 23.4 Å². The molecule has 3 rings (SSSR count). The first-order chi connectivity index (χ1) is 16.9. The van der Waals surface area contributed by atoms with Gasteiger partial charge in [-0.3, -0.25) is 13.9 Å². The van der Waals surface area contributed by atoms with Crippen molar-refractivity contribution in [1.29, 1.82) is 0 Å². The van der Waals surface area contributed by atoms with Crippen LogP contribution in [-0.4, -0.2) is 62.8 Å². The molecular weight excluding hydrogens is 495 g/mol. The zero-order chi connectivity index (χ0) is 26.7. The zero-order valence-electron chi connectivity index (χ0n) is 20.4. The third-order valence-corrected chi connectivity index (χ3v) is 7.12. The summed E-state index contributed by atoms with van der Waals surface area (Å²) in [5.41, 5.74) is 3.60. The van der Waals surface area contributed by atoms with Gasteiger partial charge in [-0.25, -0.2) is 9.36 Å². The van der Waals surface area contributed by atoms with Crippen molar-refractivity contribution >= 4 is 19.5 Å². The standard InChI is InChI=1S/C22H31N4O9P/c1-5-32-19(28)14(3)25-36(31,35-15-8-6-7-13(2)11-15)33-12-16-18(27)22(4,30)20(34-16)26-10-9-17(23)24-21(26)29/h6-11,14,16,18,20,27,30H,5,12H2,1-4H3,(H,25,31)(H2,23,24,29)/t14-,16+,18+,20+,22+,36?/m0/s1. The van der Waals surface area contributed by atoms with Crippen LogP contribution in [0, 0.1) is 6.92 Å². The molecule has 36 heavy (non-hydrogen) atoms. The molecule has 1 aromatic carbocycles. The normalized spacial score (nSPS) is 26.2. The molecule has 0 radical (unpaired) electrons. The molecule has 0 saturated carbocycles. The lowest BCUT2D eigenvalue weighted by molar-refractivity contribution is -0.144. The van der Waals surface area contributed by atoms with E-state index >= 15 is 0 Å². The highest BCUT2D eigenvalue weighted by Crippen LogP contribution is 2.47. The summed E-state index contributed by atoms with van der Waals surface area (Å²) in [6.07, 6.45) is -2.86. The van der Waals surface area contributed by atoms with E-state index in [1.54, 1.807) is 25.1 Å². The number of hydrogen-bond acceptors (Lipinski definition) is 11. The van der Waals surface area contributed by atoms with E-state index in [-0.39, 0.29) is 18.2 Å². The van der Waals surface area contributed by atoms with Gasteiger partial charge in [-0.05, 0) is 51.5 Å². The van der Waals surface area contributed by atoms with Gasteiger partial charge in [-0.2, -0.15) is 10.1 Å². The third-order valence-electron chi connectivity index (χ3n) is 5.47. The van der Waals surface area contributed by atoms with Crippen molar-refractivity contribution in [2.75, 3.05) is 18.9 Å². The highest BCUT2D eigenvalue weighted by molar-refractivity contribution is 7.52. The Morgan fingerprint density at radius 2 is 2.14 bits per heavy atom. The van der Waals surface area contributed by atoms with Crippen LogP contribution in [0.4, 0.5) is 5.82 Å². The Bertz CT molecular complexity index is 1190. The van der Waals surface area contributed by atoms with Crippen LogP contribution in [0.3, 0.4) is 0 Å². The Balaban J connectivity index is 1.81. The zero-order valence-corrected chi connectivity index (χ0v) is 21.3. The average Bonchev–Trinajstić information content (AvgIpc) is 3.01. The number of rotatable bonds is 10. The number of aliphatic hydroxyl groups excluding tert-OH is 1. The van der Waals surface area contributed by atoms with E-state index in [1.807, 2.05) is 13.0 Å². The van der Waals surface area contributed by atoms with Crippen molar-refractivity contribution in [3.8, 4) is 5.75 Å². The van der Waals surface area contributed by atoms with Crippen LogP contribution in [0.25, 0.3) is 0 Å². The Kier molecular flexibility index (Phi) is 8.55. The van der Waals surface area contributed by atoms with E-state index < -0.39 is 56.1 Å². The van der Waals surface area contributed by atoms with Crippen molar-refractivity contribution in [3.05, 3.63) is 52.6 Å². The maximum Gasteiger partial charge on any atom is 0.459 e. The Morgan fingerprint density at radius 3 is 2.78 bits per heavy atom. The van der Waals surface area contributed by atoms with Crippen molar-refractivity contribution in [1.82, 2.24) is 14.6 Å². The molecule has 1 aliphatic heterocycles. The largest absolute Gasteiger partial charge is 0.465 e. The van der Waals surface area contributed by atoms with Crippen molar-refractivity contribution in [2.24, 2.45) is 0 Å². The first-order valence-corrected chi connectivity index (χ1v) is 12.8. The minimum Gasteiger partial charge on any atom is -0.465 e. The van der Waals surface area contributed by atoms with E-state index in [2.05, 4.69) is 10.1 Å². The third kappa shape index (κ3) is 6.30. The minimum absolute atomic E-state index is 0.0228.